The quantitative estimate of drug-likeness (QED) is 0.863. The summed E-state index contributed by atoms with van der Waals surface area (Å²) >= 11 is 4.59. The van der Waals surface area contributed by atoms with Crippen molar-refractivity contribution in [2.75, 3.05) is 0 Å². The van der Waals surface area contributed by atoms with E-state index in [1.165, 1.54) is 23.5 Å². The van der Waals surface area contributed by atoms with E-state index >= 15 is 0 Å². The molecule has 0 bridgehead atoms. The summed E-state index contributed by atoms with van der Waals surface area (Å²) in [6, 6.07) is 5.85. The van der Waals surface area contributed by atoms with Crippen molar-refractivity contribution in [2.45, 2.75) is 24.8 Å². The lowest BCUT2D eigenvalue weighted by atomic mass is 10.2. The molecule has 7 heteroatoms. The van der Waals surface area contributed by atoms with Gasteiger partial charge in [-0.25, -0.2) is 17.5 Å². The lowest BCUT2D eigenvalue weighted by Gasteiger charge is -2.08. The minimum Gasteiger partial charge on any atom is -0.207 e. The van der Waals surface area contributed by atoms with E-state index < -0.39 is 15.8 Å². The maximum Gasteiger partial charge on any atom is 0.243 e. The standard InChI is InChI=1S/C13H13BrFNO2S2/c1-2-9-5-6-19-12(9)8-16-20(17,18)13-4-3-10(14)7-11(13)15/h3-7,16H,2,8H2,1H3. The first kappa shape index (κ1) is 15.6. The van der Waals surface area contributed by atoms with E-state index in [0.29, 0.717) is 4.47 Å². The van der Waals surface area contributed by atoms with Gasteiger partial charge in [-0.3, -0.25) is 0 Å². The number of benzene rings is 1. The van der Waals surface area contributed by atoms with Gasteiger partial charge in [0.05, 0.1) is 0 Å². The zero-order valence-corrected chi connectivity index (χ0v) is 13.9. The molecule has 0 fully saturated rings. The average molecular weight is 378 g/mol. The minimum absolute atomic E-state index is 0.179. The Hall–Kier alpha value is -0.760. The number of aryl methyl sites for hydroxylation is 1. The molecule has 1 aromatic heterocycles. The molecule has 0 amide bonds. The highest BCUT2D eigenvalue weighted by molar-refractivity contribution is 9.10. The van der Waals surface area contributed by atoms with E-state index in [-0.39, 0.29) is 11.4 Å². The molecule has 0 aliphatic carbocycles. The van der Waals surface area contributed by atoms with Gasteiger partial charge in [0, 0.05) is 15.9 Å². The molecule has 20 heavy (non-hydrogen) atoms. The Morgan fingerprint density at radius 2 is 2.10 bits per heavy atom. The lowest BCUT2D eigenvalue weighted by molar-refractivity contribution is 0.556. The number of hydrogen-bond acceptors (Lipinski definition) is 3. The van der Waals surface area contributed by atoms with Crippen molar-refractivity contribution in [3.05, 3.63) is 50.4 Å². The summed E-state index contributed by atoms with van der Waals surface area (Å²) in [5.41, 5.74) is 1.11. The van der Waals surface area contributed by atoms with Crippen molar-refractivity contribution < 1.29 is 12.8 Å². The van der Waals surface area contributed by atoms with Crippen molar-refractivity contribution in [2.24, 2.45) is 0 Å². The zero-order valence-electron chi connectivity index (χ0n) is 10.7. The maximum absolute atomic E-state index is 13.7. The monoisotopic (exact) mass is 377 g/mol. The predicted octanol–water partition coefficient (Wildman–Crippen LogP) is 3.69. The molecule has 0 aliphatic rings. The van der Waals surface area contributed by atoms with E-state index in [0.717, 1.165) is 22.9 Å². The molecule has 0 unspecified atom stereocenters. The van der Waals surface area contributed by atoms with Crippen LogP contribution in [0.4, 0.5) is 4.39 Å². The fourth-order valence-electron chi connectivity index (χ4n) is 1.77. The molecule has 1 heterocycles. The predicted molar refractivity (Wildman–Crippen MR) is 81.8 cm³/mol. The molecular formula is C13H13BrFNO2S2. The largest absolute Gasteiger partial charge is 0.243 e. The first-order valence-electron chi connectivity index (χ1n) is 5.94. The summed E-state index contributed by atoms with van der Waals surface area (Å²) in [7, 11) is -3.85. The number of thiophene rings is 1. The lowest BCUT2D eigenvalue weighted by Crippen LogP contribution is -2.24. The highest BCUT2D eigenvalue weighted by atomic mass is 79.9. The summed E-state index contributed by atoms with van der Waals surface area (Å²) in [5, 5.41) is 1.92. The van der Waals surface area contributed by atoms with E-state index in [9.17, 15) is 12.8 Å². The third-order valence-electron chi connectivity index (χ3n) is 2.82. The van der Waals surface area contributed by atoms with Crippen LogP contribution in [-0.4, -0.2) is 8.42 Å². The van der Waals surface area contributed by atoms with Crippen LogP contribution in [0.25, 0.3) is 0 Å². The van der Waals surface area contributed by atoms with Crippen molar-refractivity contribution in [3.63, 3.8) is 0 Å². The number of sulfonamides is 1. The van der Waals surface area contributed by atoms with E-state index in [1.54, 1.807) is 0 Å². The second-order valence-corrected chi connectivity index (χ2v) is 7.77. The molecule has 1 N–H and O–H groups in total. The molecule has 0 spiro atoms. The first-order chi connectivity index (χ1) is 9.44. The SMILES string of the molecule is CCc1ccsc1CNS(=O)(=O)c1ccc(Br)cc1F. The summed E-state index contributed by atoms with van der Waals surface area (Å²) < 4.78 is 40.8. The molecule has 108 valence electrons. The molecule has 2 aromatic rings. The van der Waals surface area contributed by atoms with Gasteiger partial charge in [-0.05, 0) is 41.6 Å². The molecule has 0 atom stereocenters. The maximum atomic E-state index is 13.7. The van der Waals surface area contributed by atoms with Crippen LogP contribution < -0.4 is 4.72 Å². The number of hydrogen-bond donors (Lipinski definition) is 1. The molecule has 0 aliphatic heterocycles. The van der Waals surface area contributed by atoms with Gasteiger partial charge in [0.1, 0.15) is 10.7 Å². The first-order valence-corrected chi connectivity index (χ1v) is 9.09. The van der Waals surface area contributed by atoms with Crippen LogP contribution in [0.1, 0.15) is 17.4 Å². The Kier molecular flexibility index (Phi) is 4.95. The summed E-state index contributed by atoms with van der Waals surface area (Å²) in [6.45, 7) is 2.19. The van der Waals surface area contributed by atoms with Crippen LogP contribution in [0, 0.1) is 5.82 Å². The number of nitrogens with one attached hydrogen (secondary N) is 1. The Balaban J connectivity index is 2.19. The minimum atomic E-state index is -3.85. The number of rotatable bonds is 5. The van der Waals surface area contributed by atoms with Crippen molar-refractivity contribution in [1.29, 1.82) is 0 Å². The van der Waals surface area contributed by atoms with Gasteiger partial charge >= 0.3 is 0 Å². The highest BCUT2D eigenvalue weighted by Crippen LogP contribution is 2.21. The van der Waals surface area contributed by atoms with Gasteiger partial charge in [-0.2, -0.15) is 0 Å². The molecule has 3 nitrogen and oxygen atoms in total. The smallest absolute Gasteiger partial charge is 0.207 e. The molecular weight excluding hydrogens is 365 g/mol. The summed E-state index contributed by atoms with van der Waals surface area (Å²) in [6.07, 6.45) is 0.840. The van der Waals surface area contributed by atoms with Gasteiger partial charge in [0.2, 0.25) is 10.0 Å². The van der Waals surface area contributed by atoms with Crippen molar-refractivity contribution >= 4 is 37.3 Å². The van der Waals surface area contributed by atoms with Crippen LogP contribution in [0.2, 0.25) is 0 Å². The molecule has 0 radical (unpaired) electrons. The third-order valence-corrected chi connectivity index (χ3v) is 5.72. The summed E-state index contributed by atoms with van der Waals surface area (Å²) in [4.78, 5) is 0.615. The second-order valence-electron chi connectivity index (χ2n) is 4.12. The third kappa shape index (κ3) is 3.46. The molecule has 0 saturated heterocycles. The van der Waals surface area contributed by atoms with Crippen LogP contribution in [-0.2, 0) is 23.0 Å². The Morgan fingerprint density at radius 1 is 1.35 bits per heavy atom. The zero-order chi connectivity index (χ0) is 14.8. The van der Waals surface area contributed by atoms with Crippen LogP contribution in [0.3, 0.4) is 0 Å². The van der Waals surface area contributed by atoms with Crippen molar-refractivity contribution in [3.8, 4) is 0 Å². The fourth-order valence-corrected chi connectivity index (χ4v) is 4.16. The summed E-state index contributed by atoms with van der Waals surface area (Å²) in [5.74, 6) is -0.770. The van der Waals surface area contributed by atoms with Crippen LogP contribution >= 0.6 is 27.3 Å². The Morgan fingerprint density at radius 3 is 2.75 bits per heavy atom. The van der Waals surface area contributed by atoms with Gasteiger partial charge < -0.3 is 0 Å². The highest BCUT2D eigenvalue weighted by Gasteiger charge is 2.19. The van der Waals surface area contributed by atoms with Gasteiger partial charge in [-0.1, -0.05) is 22.9 Å². The van der Waals surface area contributed by atoms with E-state index in [1.807, 2.05) is 18.4 Å². The second kappa shape index (κ2) is 6.34. The molecule has 2 rings (SSSR count). The Bertz CT molecular complexity index is 713. The Labute approximate surface area is 130 Å². The van der Waals surface area contributed by atoms with Crippen LogP contribution in [0.5, 0.6) is 0 Å². The van der Waals surface area contributed by atoms with E-state index in [2.05, 4.69) is 20.7 Å². The topological polar surface area (TPSA) is 46.2 Å². The van der Waals surface area contributed by atoms with Gasteiger partial charge in [0.25, 0.3) is 0 Å². The van der Waals surface area contributed by atoms with Crippen LogP contribution in [0.15, 0.2) is 39.0 Å². The fraction of sp³-hybridized carbons (Fsp3) is 0.231. The molecule has 0 saturated carbocycles. The number of halogens is 2. The molecule has 1 aromatic carbocycles. The van der Waals surface area contributed by atoms with E-state index in [4.69, 9.17) is 0 Å². The normalized spacial score (nSPS) is 11.8. The average Bonchev–Trinajstić information content (AvgIpc) is 2.83. The van der Waals surface area contributed by atoms with Gasteiger partial charge in [-0.15, -0.1) is 11.3 Å². The van der Waals surface area contributed by atoms with Gasteiger partial charge in [0.15, 0.2) is 0 Å². The van der Waals surface area contributed by atoms with Crippen molar-refractivity contribution in [1.82, 2.24) is 4.72 Å².